The third-order valence-electron chi connectivity index (χ3n) is 3.46. The van der Waals surface area contributed by atoms with Crippen molar-refractivity contribution in [2.75, 3.05) is 13.1 Å². The Labute approximate surface area is 102 Å². The molecule has 1 saturated heterocycles. The molecule has 92 valence electrons. The van der Waals surface area contributed by atoms with Crippen LogP contribution in [0.3, 0.4) is 0 Å². The Bertz CT molecular complexity index is 386. The second-order valence-electron chi connectivity index (χ2n) is 4.73. The second kappa shape index (κ2) is 5.32. The maximum atomic E-state index is 10.9. The van der Waals surface area contributed by atoms with E-state index in [9.17, 15) is 4.79 Å². The number of benzene rings is 1. The quantitative estimate of drug-likeness (QED) is 0.866. The molecule has 0 radical (unpaired) electrons. The van der Waals surface area contributed by atoms with Crippen LogP contribution in [0.15, 0.2) is 24.3 Å². The highest BCUT2D eigenvalue weighted by atomic mass is 16.4. The number of aliphatic carboxylic acids is 1. The van der Waals surface area contributed by atoms with Gasteiger partial charge in [0.05, 0.1) is 5.92 Å². The van der Waals surface area contributed by atoms with E-state index in [-0.39, 0.29) is 5.92 Å². The molecule has 17 heavy (non-hydrogen) atoms. The average molecular weight is 233 g/mol. The zero-order valence-corrected chi connectivity index (χ0v) is 10.2. The number of carbonyl (C=O) groups is 1. The van der Waals surface area contributed by atoms with Crippen molar-refractivity contribution in [3.8, 4) is 0 Å². The van der Waals surface area contributed by atoms with Crippen LogP contribution in [0.1, 0.15) is 24.5 Å². The molecular weight excluding hydrogens is 214 g/mol. The van der Waals surface area contributed by atoms with Gasteiger partial charge in [-0.1, -0.05) is 31.2 Å². The summed E-state index contributed by atoms with van der Waals surface area (Å²) in [5.41, 5.74) is 2.62. The van der Waals surface area contributed by atoms with Gasteiger partial charge in [-0.25, -0.2) is 0 Å². The molecule has 0 bridgehead atoms. The van der Waals surface area contributed by atoms with Crippen molar-refractivity contribution in [3.05, 3.63) is 35.4 Å². The summed E-state index contributed by atoms with van der Waals surface area (Å²) in [6, 6.07) is 8.60. The minimum atomic E-state index is -0.658. The molecule has 1 aromatic carbocycles. The number of rotatable bonds is 4. The lowest BCUT2D eigenvalue weighted by atomic mass is 10.1. The Balaban J connectivity index is 1.91. The maximum absolute atomic E-state index is 10.9. The van der Waals surface area contributed by atoms with Crippen LogP contribution in [-0.2, 0) is 17.8 Å². The number of carboxylic acid groups (broad SMARTS) is 1. The van der Waals surface area contributed by atoms with E-state index in [1.807, 2.05) is 0 Å². The van der Waals surface area contributed by atoms with Crippen LogP contribution >= 0.6 is 0 Å². The molecule has 0 aromatic heterocycles. The van der Waals surface area contributed by atoms with E-state index in [0.717, 1.165) is 25.9 Å². The molecule has 0 saturated carbocycles. The SMILES string of the molecule is CCc1ccc(CN2CC[C@H](C(=O)O)C2)cc1. The maximum Gasteiger partial charge on any atom is 0.307 e. The molecule has 1 atom stereocenters. The van der Waals surface area contributed by atoms with Gasteiger partial charge < -0.3 is 5.11 Å². The number of hydrogen-bond donors (Lipinski definition) is 1. The minimum absolute atomic E-state index is 0.176. The van der Waals surface area contributed by atoms with Crippen molar-refractivity contribution in [1.29, 1.82) is 0 Å². The van der Waals surface area contributed by atoms with Gasteiger partial charge in [0, 0.05) is 13.1 Å². The minimum Gasteiger partial charge on any atom is -0.481 e. The van der Waals surface area contributed by atoms with Crippen LogP contribution in [0.4, 0.5) is 0 Å². The van der Waals surface area contributed by atoms with Crippen molar-refractivity contribution >= 4 is 5.97 Å². The van der Waals surface area contributed by atoms with Crippen molar-refractivity contribution < 1.29 is 9.90 Å². The number of nitrogens with zero attached hydrogens (tertiary/aromatic N) is 1. The normalized spacial score (nSPS) is 20.6. The van der Waals surface area contributed by atoms with Gasteiger partial charge in [-0.2, -0.15) is 0 Å². The highest BCUT2D eigenvalue weighted by Crippen LogP contribution is 2.19. The van der Waals surface area contributed by atoms with E-state index >= 15 is 0 Å². The van der Waals surface area contributed by atoms with Gasteiger partial charge in [-0.3, -0.25) is 9.69 Å². The lowest BCUT2D eigenvalue weighted by molar-refractivity contribution is -0.141. The van der Waals surface area contributed by atoms with Crippen molar-refractivity contribution in [2.45, 2.75) is 26.3 Å². The first-order valence-corrected chi connectivity index (χ1v) is 6.22. The summed E-state index contributed by atoms with van der Waals surface area (Å²) in [4.78, 5) is 13.1. The molecule has 2 rings (SSSR count). The van der Waals surface area contributed by atoms with Crippen LogP contribution < -0.4 is 0 Å². The van der Waals surface area contributed by atoms with Gasteiger partial charge in [-0.05, 0) is 30.5 Å². The van der Waals surface area contributed by atoms with E-state index in [1.54, 1.807) is 0 Å². The molecule has 3 nitrogen and oxygen atoms in total. The summed E-state index contributed by atoms with van der Waals surface area (Å²) < 4.78 is 0. The largest absolute Gasteiger partial charge is 0.481 e. The first-order chi connectivity index (χ1) is 8.19. The molecule has 1 aromatic rings. The molecule has 0 unspecified atom stereocenters. The standard InChI is InChI=1S/C14H19NO2/c1-2-11-3-5-12(6-4-11)9-15-8-7-13(10-15)14(16)17/h3-6,13H,2,7-10H2,1H3,(H,16,17)/t13-/m0/s1. The third kappa shape index (κ3) is 3.07. The zero-order chi connectivity index (χ0) is 12.3. The van der Waals surface area contributed by atoms with Crippen molar-refractivity contribution in [2.24, 2.45) is 5.92 Å². The molecule has 0 amide bonds. The molecule has 0 aliphatic carbocycles. The van der Waals surface area contributed by atoms with E-state index in [4.69, 9.17) is 5.11 Å². The number of carboxylic acids is 1. The zero-order valence-electron chi connectivity index (χ0n) is 10.2. The van der Waals surface area contributed by atoms with Crippen LogP contribution in [0.5, 0.6) is 0 Å². The molecule has 3 heteroatoms. The molecule has 1 aliphatic heterocycles. The predicted molar refractivity (Wildman–Crippen MR) is 66.8 cm³/mol. The summed E-state index contributed by atoms with van der Waals surface area (Å²) in [6.07, 6.45) is 1.84. The molecule has 1 fully saturated rings. The van der Waals surface area contributed by atoms with E-state index in [2.05, 4.69) is 36.1 Å². The summed E-state index contributed by atoms with van der Waals surface area (Å²) in [7, 11) is 0. The summed E-state index contributed by atoms with van der Waals surface area (Å²) >= 11 is 0. The predicted octanol–water partition coefficient (Wildman–Crippen LogP) is 2.16. The van der Waals surface area contributed by atoms with Crippen LogP contribution in [0.2, 0.25) is 0 Å². The summed E-state index contributed by atoms with van der Waals surface area (Å²) in [5, 5.41) is 8.94. The van der Waals surface area contributed by atoms with E-state index in [1.165, 1.54) is 11.1 Å². The van der Waals surface area contributed by atoms with Gasteiger partial charge in [0.25, 0.3) is 0 Å². The number of likely N-dealkylation sites (tertiary alicyclic amines) is 1. The van der Waals surface area contributed by atoms with Gasteiger partial charge in [0.15, 0.2) is 0 Å². The Hall–Kier alpha value is -1.35. The van der Waals surface area contributed by atoms with Crippen LogP contribution in [-0.4, -0.2) is 29.1 Å². The molecule has 1 N–H and O–H groups in total. The first-order valence-electron chi connectivity index (χ1n) is 6.22. The smallest absolute Gasteiger partial charge is 0.307 e. The summed E-state index contributed by atoms with van der Waals surface area (Å²) in [5.74, 6) is -0.834. The van der Waals surface area contributed by atoms with Gasteiger partial charge in [-0.15, -0.1) is 0 Å². The van der Waals surface area contributed by atoms with Gasteiger partial charge >= 0.3 is 5.97 Å². The van der Waals surface area contributed by atoms with Gasteiger partial charge in [0.2, 0.25) is 0 Å². The number of aryl methyl sites for hydroxylation is 1. The number of hydrogen-bond acceptors (Lipinski definition) is 2. The van der Waals surface area contributed by atoms with Crippen molar-refractivity contribution in [1.82, 2.24) is 4.90 Å². The van der Waals surface area contributed by atoms with Crippen LogP contribution in [0.25, 0.3) is 0 Å². The second-order valence-corrected chi connectivity index (χ2v) is 4.73. The Morgan fingerprint density at radius 1 is 1.35 bits per heavy atom. The molecule has 1 heterocycles. The first kappa shape index (κ1) is 12.1. The Morgan fingerprint density at radius 2 is 2.00 bits per heavy atom. The van der Waals surface area contributed by atoms with Crippen LogP contribution in [0, 0.1) is 5.92 Å². The Morgan fingerprint density at radius 3 is 2.53 bits per heavy atom. The lowest BCUT2D eigenvalue weighted by Crippen LogP contribution is -2.22. The fourth-order valence-corrected chi connectivity index (χ4v) is 2.32. The Kier molecular flexibility index (Phi) is 3.79. The monoisotopic (exact) mass is 233 g/mol. The highest BCUT2D eigenvalue weighted by Gasteiger charge is 2.27. The van der Waals surface area contributed by atoms with E-state index < -0.39 is 5.97 Å². The fourth-order valence-electron chi connectivity index (χ4n) is 2.32. The van der Waals surface area contributed by atoms with E-state index in [0.29, 0.717) is 6.54 Å². The topological polar surface area (TPSA) is 40.5 Å². The fraction of sp³-hybridized carbons (Fsp3) is 0.500. The summed E-state index contributed by atoms with van der Waals surface area (Å²) in [6.45, 7) is 4.60. The van der Waals surface area contributed by atoms with Gasteiger partial charge in [0.1, 0.15) is 0 Å². The average Bonchev–Trinajstić information content (AvgIpc) is 2.79. The molecule has 1 aliphatic rings. The third-order valence-corrected chi connectivity index (χ3v) is 3.46. The molecular formula is C14H19NO2. The lowest BCUT2D eigenvalue weighted by Gasteiger charge is -2.15. The molecule has 0 spiro atoms. The highest BCUT2D eigenvalue weighted by molar-refractivity contribution is 5.70. The van der Waals surface area contributed by atoms with Crippen molar-refractivity contribution in [3.63, 3.8) is 0 Å².